The van der Waals surface area contributed by atoms with E-state index >= 15 is 0 Å². The van der Waals surface area contributed by atoms with E-state index in [9.17, 15) is 4.79 Å². The van der Waals surface area contributed by atoms with Crippen LogP contribution in [0.2, 0.25) is 0 Å². The van der Waals surface area contributed by atoms with Gasteiger partial charge in [-0.05, 0) is 36.6 Å². The lowest BCUT2D eigenvalue weighted by atomic mass is 10.1. The van der Waals surface area contributed by atoms with E-state index in [2.05, 4.69) is 5.32 Å². The Morgan fingerprint density at radius 3 is 2.89 bits per heavy atom. The normalized spacial score (nSPS) is 16.9. The molecule has 96 valence electrons. The zero-order valence-corrected chi connectivity index (χ0v) is 10.2. The summed E-state index contributed by atoms with van der Waals surface area (Å²) in [4.78, 5) is 11.8. The molecule has 0 radical (unpaired) electrons. The van der Waals surface area contributed by atoms with E-state index in [-0.39, 0.29) is 24.3 Å². The number of benzene rings is 1. The van der Waals surface area contributed by atoms with Gasteiger partial charge in [0, 0.05) is 6.04 Å². The molecule has 5 heteroatoms. The van der Waals surface area contributed by atoms with Gasteiger partial charge in [-0.1, -0.05) is 6.07 Å². The second-order valence-electron chi connectivity index (χ2n) is 4.53. The average Bonchev–Trinajstić information content (AvgIpc) is 3.10. The van der Waals surface area contributed by atoms with Crippen molar-refractivity contribution in [1.29, 1.82) is 5.26 Å². The van der Waals surface area contributed by atoms with E-state index in [4.69, 9.17) is 14.7 Å². The topological polar surface area (TPSA) is 71.3 Å². The van der Waals surface area contributed by atoms with Crippen molar-refractivity contribution >= 4 is 12.0 Å². The van der Waals surface area contributed by atoms with E-state index in [0.29, 0.717) is 11.5 Å². The van der Waals surface area contributed by atoms with Crippen LogP contribution >= 0.6 is 0 Å². The van der Waals surface area contributed by atoms with E-state index in [0.717, 1.165) is 18.4 Å². The van der Waals surface area contributed by atoms with Gasteiger partial charge < -0.3 is 14.8 Å². The summed E-state index contributed by atoms with van der Waals surface area (Å²) in [6, 6.07) is 7.47. The molecule has 3 rings (SSSR count). The molecule has 1 aliphatic heterocycles. The first-order valence-corrected chi connectivity index (χ1v) is 6.08. The van der Waals surface area contributed by atoms with Crippen molar-refractivity contribution in [2.75, 3.05) is 6.79 Å². The molecule has 0 bridgehead atoms. The molecule has 1 fully saturated rings. The van der Waals surface area contributed by atoms with Gasteiger partial charge in [-0.2, -0.15) is 5.26 Å². The van der Waals surface area contributed by atoms with Gasteiger partial charge in [0.25, 0.3) is 5.91 Å². The molecule has 0 saturated heterocycles. The lowest BCUT2D eigenvalue weighted by Crippen LogP contribution is -2.26. The maximum Gasteiger partial charge on any atom is 0.262 e. The third-order valence-electron chi connectivity index (χ3n) is 2.99. The summed E-state index contributed by atoms with van der Waals surface area (Å²) in [5, 5.41) is 11.8. The standard InChI is InChI=1S/C14H12N2O3/c15-7-10(14(17)16-11-2-3-11)5-9-1-4-12-13(6-9)19-8-18-12/h1,4-6,11H,2-3,8H2,(H,16,17)/b10-5-. The molecule has 1 saturated carbocycles. The zero-order chi connectivity index (χ0) is 13.2. The summed E-state index contributed by atoms with van der Waals surface area (Å²) >= 11 is 0. The minimum absolute atomic E-state index is 0.103. The quantitative estimate of drug-likeness (QED) is 0.658. The molecule has 1 N–H and O–H groups in total. The van der Waals surface area contributed by atoms with Crippen molar-refractivity contribution < 1.29 is 14.3 Å². The van der Waals surface area contributed by atoms with Gasteiger partial charge in [0.15, 0.2) is 11.5 Å². The Morgan fingerprint density at radius 1 is 1.37 bits per heavy atom. The van der Waals surface area contributed by atoms with Crippen molar-refractivity contribution in [2.24, 2.45) is 0 Å². The number of nitrogens with one attached hydrogen (secondary N) is 1. The van der Waals surface area contributed by atoms with Crippen molar-refractivity contribution in [3.63, 3.8) is 0 Å². The Bertz CT molecular complexity index is 597. The number of ether oxygens (including phenoxy) is 2. The van der Waals surface area contributed by atoms with Crippen molar-refractivity contribution in [3.8, 4) is 17.6 Å². The van der Waals surface area contributed by atoms with Crippen LogP contribution in [0.1, 0.15) is 18.4 Å². The molecule has 0 unspecified atom stereocenters. The molecule has 1 aromatic carbocycles. The number of rotatable bonds is 3. The first kappa shape index (κ1) is 11.6. The molecule has 1 heterocycles. The van der Waals surface area contributed by atoms with Gasteiger partial charge in [0.1, 0.15) is 11.6 Å². The van der Waals surface area contributed by atoms with Crippen LogP contribution in [0.4, 0.5) is 0 Å². The minimum atomic E-state index is -0.317. The number of carbonyl (C=O) groups excluding carboxylic acids is 1. The first-order chi connectivity index (χ1) is 9.26. The Labute approximate surface area is 110 Å². The Morgan fingerprint density at radius 2 is 2.16 bits per heavy atom. The molecule has 1 aromatic rings. The average molecular weight is 256 g/mol. The fourth-order valence-electron chi connectivity index (χ4n) is 1.81. The van der Waals surface area contributed by atoms with Crippen LogP contribution < -0.4 is 14.8 Å². The van der Waals surface area contributed by atoms with Gasteiger partial charge in [-0.15, -0.1) is 0 Å². The number of amides is 1. The lowest BCUT2D eigenvalue weighted by molar-refractivity contribution is -0.117. The summed E-state index contributed by atoms with van der Waals surface area (Å²) in [7, 11) is 0. The molecule has 0 spiro atoms. The largest absolute Gasteiger partial charge is 0.454 e. The van der Waals surface area contributed by atoms with Crippen LogP contribution in [-0.2, 0) is 4.79 Å². The highest BCUT2D eigenvalue weighted by Gasteiger charge is 2.24. The number of nitrogens with zero attached hydrogens (tertiary/aromatic N) is 1. The monoisotopic (exact) mass is 256 g/mol. The molecule has 1 amide bonds. The summed E-state index contributed by atoms with van der Waals surface area (Å²) in [6.07, 6.45) is 3.54. The van der Waals surface area contributed by atoms with Crippen molar-refractivity contribution in [1.82, 2.24) is 5.32 Å². The maximum absolute atomic E-state index is 11.8. The van der Waals surface area contributed by atoms with Crippen LogP contribution in [0.5, 0.6) is 11.5 Å². The number of hydrogen-bond donors (Lipinski definition) is 1. The summed E-state index contributed by atoms with van der Waals surface area (Å²) in [6.45, 7) is 0.204. The summed E-state index contributed by atoms with van der Waals surface area (Å²) in [5.41, 5.74) is 0.845. The number of hydrogen-bond acceptors (Lipinski definition) is 4. The molecule has 19 heavy (non-hydrogen) atoms. The SMILES string of the molecule is N#C/C(=C/c1ccc2c(c1)OCO2)C(=O)NC1CC1. The molecule has 5 nitrogen and oxygen atoms in total. The van der Waals surface area contributed by atoms with E-state index in [1.165, 1.54) is 0 Å². The lowest BCUT2D eigenvalue weighted by Gasteiger charge is -2.02. The van der Waals surface area contributed by atoms with E-state index in [1.807, 2.05) is 6.07 Å². The van der Waals surface area contributed by atoms with Crippen LogP contribution in [0, 0.1) is 11.3 Å². The molecule has 0 aromatic heterocycles. The minimum Gasteiger partial charge on any atom is -0.454 e. The van der Waals surface area contributed by atoms with Gasteiger partial charge >= 0.3 is 0 Å². The Kier molecular flexibility index (Phi) is 2.84. The number of fused-ring (bicyclic) bond motifs is 1. The first-order valence-electron chi connectivity index (χ1n) is 6.08. The molecule has 2 aliphatic rings. The highest BCUT2D eigenvalue weighted by molar-refractivity contribution is 6.02. The third kappa shape index (κ3) is 2.52. The van der Waals surface area contributed by atoms with Gasteiger partial charge in [0.05, 0.1) is 0 Å². The molecule has 1 aliphatic carbocycles. The van der Waals surface area contributed by atoms with Gasteiger partial charge in [0.2, 0.25) is 6.79 Å². The predicted molar refractivity (Wildman–Crippen MR) is 67.3 cm³/mol. The van der Waals surface area contributed by atoms with Crippen molar-refractivity contribution in [2.45, 2.75) is 18.9 Å². The Balaban J connectivity index is 1.81. The molecular formula is C14H12N2O3. The predicted octanol–water partition coefficient (Wildman–Crippen LogP) is 1.60. The Hall–Kier alpha value is -2.48. The molecular weight excluding hydrogens is 244 g/mol. The fraction of sp³-hybridized carbons (Fsp3) is 0.286. The van der Waals surface area contributed by atoms with Crippen LogP contribution in [-0.4, -0.2) is 18.7 Å². The van der Waals surface area contributed by atoms with Crippen LogP contribution in [0.25, 0.3) is 6.08 Å². The smallest absolute Gasteiger partial charge is 0.262 e. The van der Waals surface area contributed by atoms with E-state index in [1.54, 1.807) is 24.3 Å². The third-order valence-corrected chi connectivity index (χ3v) is 2.99. The van der Waals surface area contributed by atoms with Gasteiger partial charge in [-0.3, -0.25) is 4.79 Å². The van der Waals surface area contributed by atoms with Crippen molar-refractivity contribution in [3.05, 3.63) is 29.3 Å². The highest BCUT2D eigenvalue weighted by atomic mass is 16.7. The fourth-order valence-corrected chi connectivity index (χ4v) is 1.81. The maximum atomic E-state index is 11.8. The second kappa shape index (κ2) is 4.65. The number of nitriles is 1. The molecule has 0 atom stereocenters. The van der Waals surface area contributed by atoms with Crippen LogP contribution in [0.15, 0.2) is 23.8 Å². The highest BCUT2D eigenvalue weighted by Crippen LogP contribution is 2.33. The second-order valence-corrected chi connectivity index (χ2v) is 4.53. The number of carbonyl (C=O) groups is 1. The van der Waals surface area contributed by atoms with Gasteiger partial charge in [-0.25, -0.2) is 0 Å². The summed E-state index contributed by atoms with van der Waals surface area (Å²) in [5.74, 6) is 0.995. The summed E-state index contributed by atoms with van der Waals surface area (Å²) < 4.78 is 10.5. The zero-order valence-electron chi connectivity index (χ0n) is 10.2. The van der Waals surface area contributed by atoms with E-state index < -0.39 is 0 Å². The van der Waals surface area contributed by atoms with Crippen LogP contribution in [0.3, 0.4) is 0 Å².